The molecule has 3 rings (SSSR count). The highest BCUT2D eigenvalue weighted by atomic mass is 32.1. The molecule has 0 aliphatic carbocycles. The number of anilines is 1. The fourth-order valence-corrected chi connectivity index (χ4v) is 2.94. The first-order valence-corrected chi connectivity index (χ1v) is 6.99. The van der Waals surface area contributed by atoms with E-state index in [0.29, 0.717) is 0 Å². The van der Waals surface area contributed by atoms with Crippen molar-refractivity contribution in [3.05, 3.63) is 59.1 Å². The Morgan fingerprint density at radius 2 is 2.05 bits per heavy atom. The van der Waals surface area contributed by atoms with Gasteiger partial charge in [0, 0.05) is 17.4 Å². The lowest BCUT2D eigenvalue weighted by Gasteiger charge is -2.05. The largest absolute Gasteiger partial charge is 0.392 e. The van der Waals surface area contributed by atoms with E-state index in [1.165, 1.54) is 15.6 Å². The van der Waals surface area contributed by atoms with Crippen molar-refractivity contribution < 1.29 is 5.11 Å². The van der Waals surface area contributed by atoms with Gasteiger partial charge >= 0.3 is 0 Å². The number of hydrogen-bond acceptors (Lipinski definition) is 4. The summed E-state index contributed by atoms with van der Waals surface area (Å²) in [6.07, 6.45) is 1.69. The number of aromatic nitrogens is 1. The second-order valence-corrected chi connectivity index (χ2v) is 5.23. The summed E-state index contributed by atoms with van der Waals surface area (Å²) in [6.45, 7) is 0.790. The molecule has 4 heteroatoms. The molecular formula is C15H14N2OS. The molecule has 0 spiro atoms. The Morgan fingerprint density at radius 3 is 2.84 bits per heavy atom. The van der Waals surface area contributed by atoms with Gasteiger partial charge in [-0.25, -0.2) is 4.98 Å². The van der Waals surface area contributed by atoms with E-state index in [2.05, 4.69) is 39.9 Å². The average molecular weight is 270 g/mol. The summed E-state index contributed by atoms with van der Waals surface area (Å²) in [5.41, 5.74) is 2.11. The van der Waals surface area contributed by atoms with Crippen molar-refractivity contribution in [2.45, 2.75) is 13.2 Å². The van der Waals surface area contributed by atoms with E-state index < -0.39 is 0 Å². The Hall–Kier alpha value is -1.91. The summed E-state index contributed by atoms with van der Waals surface area (Å²) < 4.78 is 1.31. The minimum atomic E-state index is 0.0302. The van der Waals surface area contributed by atoms with Crippen LogP contribution >= 0.6 is 11.3 Å². The third-order valence-corrected chi connectivity index (χ3v) is 4.04. The van der Waals surface area contributed by atoms with Gasteiger partial charge < -0.3 is 10.4 Å². The zero-order chi connectivity index (χ0) is 13.1. The summed E-state index contributed by atoms with van der Waals surface area (Å²) >= 11 is 1.76. The number of pyridine rings is 1. The predicted octanol–water partition coefficient (Wildman–Crippen LogP) is 3.40. The second-order valence-electron chi connectivity index (χ2n) is 4.32. The van der Waals surface area contributed by atoms with Crippen LogP contribution in [0.25, 0.3) is 10.1 Å². The third-order valence-electron chi connectivity index (χ3n) is 3.03. The first kappa shape index (κ1) is 12.1. The van der Waals surface area contributed by atoms with Crippen LogP contribution in [0.5, 0.6) is 0 Å². The van der Waals surface area contributed by atoms with Crippen molar-refractivity contribution in [1.82, 2.24) is 4.98 Å². The number of thiophene rings is 1. The maximum Gasteiger partial charge on any atom is 0.126 e. The van der Waals surface area contributed by atoms with Crippen molar-refractivity contribution in [1.29, 1.82) is 0 Å². The molecule has 3 nitrogen and oxygen atoms in total. The highest BCUT2D eigenvalue weighted by Crippen LogP contribution is 2.26. The zero-order valence-corrected chi connectivity index (χ0v) is 11.2. The molecule has 0 fully saturated rings. The number of nitrogens with zero attached hydrogens (tertiary/aromatic N) is 1. The summed E-state index contributed by atoms with van der Waals surface area (Å²) in [5, 5.41) is 15.8. The van der Waals surface area contributed by atoms with Gasteiger partial charge in [0.2, 0.25) is 0 Å². The Bertz CT molecular complexity index is 676. The van der Waals surface area contributed by atoms with Crippen molar-refractivity contribution in [3.63, 3.8) is 0 Å². The van der Waals surface area contributed by atoms with Gasteiger partial charge in [-0.05, 0) is 34.0 Å². The molecule has 2 heterocycles. The molecule has 19 heavy (non-hydrogen) atoms. The summed E-state index contributed by atoms with van der Waals surface area (Å²) in [7, 11) is 0. The van der Waals surface area contributed by atoms with E-state index in [0.717, 1.165) is 17.9 Å². The number of fused-ring (bicyclic) bond motifs is 1. The van der Waals surface area contributed by atoms with Crippen LogP contribution in [0.15, 0.2) is 48.0 Å². The number of rotatable bonds is 4. The van der Waals surface area contributed by atoms with Gasteiger partial charge in [-0.2, -0.15) is 0 Å². The van der Waals surface area contributed by atoms with Gasteiger partial charge in [0.05, 0.1) is 6.61 Å². The van der Waals surface area contributed by atoms with Gasteiger partial charge in [-0.3, -0.25) is 0 Å². The minimum absolute atomic E-state index is 0.0302. The van der Waals surface area contributed by atoms with Crippen molar-refractivity contribution in [2.75, 3.05) is 5.32 Å². The van der Waals surface area contributed by atoms with Crippen LogP contribution in [0.4, 0.5) is 5.82 Å². The van der Waals surface area contributed by atoms with Crippen LogP contribution in [0.3, 0.4) is 0 Å². The van der Waals surface area contributed by atoms with E-state index in [1.807, 2.05) is 12.1 Å². The Morgan fingerprint density at radius 1 is 1.16 bits per heavy atom. The molecule has 0 saturated carbocycles. The summed E-state index contributed by atoms with van der Waals surface area (Å²) in [5.74, 6) is 0.826. The number of aliphatic hydroxyl groups excluding tert-OH is 1. The topological polar surface area (TPSA) is 45.1 Å². The molecule has 0 atom stereocenters. The normalized spacial score (nSPS) is 10.8. The van der Waals surface area contributed by atoms with E-state index in [4.69, 9.17) is 5.11 Å². The molecule has 0 unspecified atom stereocenters. The van der Waals surface area contributed by atoms with Crippen molar-refractivity contribution in [2.24, 2.45) is 0 Å². The fourth-order valence-electron chi connectivity index (χ4n) is 1.98. The Labute approximate surface area is 115 Å². The van der Waals surface area contributed by atoms with Gasteiger partial charge in [-0.1, -0.05) is 24.3 Å². The second kappa shape index (κ2) is 5.38. The van der Waals surface area contributed by atoms with Crippen LogP contribution in [-0.2, 0) is 13.2 Å². The lowest BCUT2D eigenvalue weighted by molar-refractivity contribution is 0.281. The Kier molecular flexibility index (Phi) is 3.44. The highest BCUT2D eigenvalue weighted by Gasteiger charge is 2.03. The van der Waals surface area contributed by atoms with E-state index in [-0.39, 0.29) is 6.61 Å². The number of benzene rings is 1. The van der Waals surface area contributed by atoms with Crippen LogP contribution in [0, 0.1) is 0 Å². The molecule has 0 aliphatic rings. The monoisotopic (exact) mass is 270 g/mol. The van der Waals surface area contributed by atoms with E-state index in [1.54, 1.807) is 17.5 Å². The summed E-state index contributed by atoms with van der Waals surface area (Å²) in [6, 6.07) is 12.2. The molecule has 0 saturated heterocycles. The SMILES string of the molecule is OCc1ccc(NCc2csc3ccccc23)nc1. The lowest BCUT2D eigenvalue weighted by atomic mass is 10.2. The Balaban J connectivity index is 1.74. The lowest BCUT2D eigenvalue weighted by Crippen LogP contribution is -2.00. The first-order valence-electron chi connectivity index (χ1n) is 6.11. The molecular weight excluding hydrogens is 256 g/mol. The third kappa shape index (κ3) is 2.59. The molecule has 2 N–H and O–H groups in total. The molecule has 96 valence electrons. The molecule has 0 amide bonds. The summed E-state index contributed by atoms with van der Waals surface area (Å²) in [4.78, 5) is 4.26. The van der Waals surface area contributed by atoms with E-state index >= 15 is 0 Å². The van der Waals surface area contributed by atoms with Gasteiger partial charge in [0.1, 0.15) is 5.82 Å². The molecule has 0 bridgehead atoms. The number of hydrogen-bond donors (Lipinski definition) is 2. The van der Waals surface area contributed by atoms with Crippen LogP contribution in [-0.4, -0.2) is 10.1 Å². The molecule has 0 radical (unpaired) electrons. The van der Waals surface area contributed by atoms with Crippen LogP contribution < -0.4 is 5.32 Å². The molecule has 2 aromatic heterocycles. The average Bonchev–Trinajstić information content (AvgIpc) is 2.89. The quantitative estimate of drug-likeness (QED) is 0.763. The van der Waals surface area contributed by atoms with Gasteiger partial charge in [0.15, 0.2) is 0 Å². The van der Waals surface area contributed by atoms with Crippen molar-refractivity contribution >= 4 is 27.2 Å². The minimum Gasteiger partial charge on any atom is -0.392 e. The number of aliphatic hydroxyl groups is 1. The van der Waals surface area contributed by atoms with Crippen LogP contribution in [0.2, 0.25) is 0 Å². The van der Waals surface area contributed by atoms with Crippen molar-refractivity contribution in [3.8, 4) is 0 Å². The number of nitrogens with one attached hydrogen (secondary N) is 1. The maximum atomic E-state index is 8.97. The van der Waals surface area contributed by atoms with Gasteiger partial charge in [0.25, 0.3) is 0 Å². The highest BCUT2D eigenvalue weighted by molar-refractivity contribution is 7.17. The van der Waals surface area contributed by atoms with Gasteiger partial charge in [-0.15, -0.1) is 11.3 Å². The van der Waals surface area contributed by atoms with Crippen LogP contribution in [0.1, 0.15) is 11.1 Å². The molecule has 0 aliphatic heterocycles. The fraction of sp³-hybridized carbons (Fsp3) is 0.133. The first-order chi connectivity index (χ1) is 9.36. The predicted molar refractivity (Wildman–Crippen MR) is 79.3 cm³/mol. The van der Waals surface area contributed by atoms with E-state index in [9.17, 15) is 0 Å². The molecule has 1 aromatic carbocycles. The standard InChI is InChI=1S/C15H14N2OS/c18-9-11-5-6-15(16-7-11)17-8-12-10-19-14-4-2-1-3-13(12)14/h1-7,10,18H,8-9H2,(H,16,17). The zero-order valence-electron chi connectivity index (χ0n) is 10.3. The maximum absolute atomic E-state index is 8.97. The smallest absolute Gasteiger partial charge is 0.126 e. The molecule has 3 aromatic rings.